The van der Waals surface area contributed by atoms with Crippen molar-refractivity contribution in [2.45, 2.75) is 19.6 Å². The van der Waals surface area contributed by atoms with Crippen molar-refractivity contribution in [3.05, 3.63) is 113 Å². The zero-order valence-electron chi connectivity index (χ0n) is 20.2. The summed E-state index contributed by atoms with van der Waals surface area (Å²) in [6.07, 6.45) is 9.11. The molecule has 0 atom stereocenters. The maximum atomic E-state index is 12.0. The lowest BCUT2D eigenvalue weighted by Crippen LogP contribution is -2.18. The van der Waals surface area contributed by atoms with Crippen LogP contribution < -0.4 is 15.6 Å². The molecular weight excluding hydrogens is 468 g/mol. The largest absolute Gasteiger partial charge is 0.495 e. The van der Waals surface area contributed by atoms with Crippen LogP contribution in [0.5, 0.6) is 5.75 Å². The van der Waals surface area contributed by atoms with E-state index in [4.69, 9.17) is 4.74 Å². The van der Waals surface area contributed by atoms with Crippen molar-refractivity contribution in [1.29, 1.82) is 0 Å². The second-order valence-corrected chi connectivity index (χ2v) is 8.69. The molecule has 6 aromatic rings. The Balaban J connectivity index is 1.16. The van der Waals surface area contributed by atoms with Gasteiger partial charge in [0.15, 0.2) is 5.65 Å². The van der Waals surface area contributed by atoms with Crippen LogP contribution in [0.25, 0.3) is 16.7 Å². The van der Waals surface area contributed by atoms with Crippen LogP contribution in [0.1, 0.15) is 16.8 Å². The number of hydrogen-bond acceptors (Lipinski definition) is 7. The summed E-state index contributed by atoms with van der Waals surface area (Å²) in [5.74, 6) is 1.48. The molecule has 184 valence electrons. The van der Waals surface area contributed by atoms with Gasteiger partial charge in [0.05, 0.1) is 44.0 Å². The van der Waals surface area contributed by atoms with Crippen molar-refractivity contribution in [3.8, 4) is 5.75 Å². The van der Waals surface area contributed by atoms with Crippen LogP contribution in [-0.2, 0) is 19.6 Å². The molecule has 6 rings (SSSR count). The van der Waals surface area contributed by atoms with E-state index in [9.17, 15) is 4.79 Å². The van der Waals surface area contributed by atoms with Crippen LogP contribution in [0.2, 0.25) is 0 Å². The number of methoxy groups -OCH3 is 1. The number of benzene rings is 1. The van der Waals surface area contributed by atoms with Crippen molar-refractivity contribution >= 4 is 22.5 Å². The third kappa shape index (κ3) is 4.76. The van der Waals surface area contributed by atoms with E-state index in [1.165, 1.54) is 6.33 Å². The number of rotatable bonds is 8. The SMILES string of the molecule is COc1ccc2nc(CNc3ncnc4nn(Cc5ccc(Cn6ccccc6=O)cc5)cc34)cn2c1. The number of pyridine rings is 2. The lowest BCUT2D eigenvalue weighted by Gasteiger charge is -2.07. The quantitative estimate of drug-likeness (QED) is 0.347. The van der Waals surface area contributed by atoms with Gasteiger partial charge in [-0.05, 0) is 29.3 Å². The van der Waals surface area contributed by atoms with E-state index in [0.29, 0.717) is 31.1 Å². The first kappa shape index (κ1) is 22.5. The van der Waals surface area contributed by atoms with Gasteiger partial charge in [0.25, 0.3) is 5.56 Å². The Hall–Kier alpha value is -4.99. The van der Waals surface area contributed by atoms with E-state index in [-0.39, 0.29) is 5.56 Å². The van der Waals surface area contributed by atoms with Gasteiger partial charge >= 0.3 is 0 Å². The summed E-state index contributed by atoms with van der Waals surface area (Å²) in [6, 6.07) is 17.2. The van der Waals surface area contributed by atoms with Gasteiger partial charge in [-0.3, -0.25) is 9.48 Å². The van der Waals surface area contributed by atoms with Crippen molar-refractivity contribution in [2.75, 3.05) is 12.4 Å². The normalized spacial score (nSPS) is 11.3. The molecule has 5 heterocycles. The van der Waals surface area contributed by atoms with Gasteiger partial charge in [-0.2, -0.15) is 5.10 Å². The first-order valence-corrected chi connectivity index (χ1v) is 11.8. The lowest BCUT2D eigenvalue weighted by molar-refractivity contribution is 0.412. The maximum absolute atomic E-state index is 12.0. The minimum atomic E-state index is -0.0123. The molecule has 5 aromatic heterocycles. The van der Waals surface area contributed by atoms with E-state index in [0.717, 1.165) is 33.6 Å². The second-order valence-electron chi connectivity index (χ2n) is 8.69. The highest BCUT2D eigenvalue weighted by Gasteiger charge is 2.10. The number of nitrogens with one attached hydrogen (secondary N) is 1. The Morgan fingerprint density at radius 2 is 1.76 bits per heavy atom. The van der Waals surface area contributed by atoms with Crippen LogP contribution in [0.4, 0.5) is 5.82 Å². The Bertz CT molecular complexity index is 1750. The topological polar surface area (TPSA) is 104 Å². The monoisotopic (exact) mass is 492 g/mol. The number of aromatic nitrogens is 7. The molecule has 0 saturated heterocycles. The molecule has 0 radical (unpaired) electrons. The standard InChI is InChI=1S/C27H24N8O2/c1-37-22-9-10-24-31-21(15-34(24)16-22)12-28-26-23-17-35(32-27(23)30-18-29-26)14-20-7-5-19(6-8-20)13-33-11-3-2-4-25(33)36/h2-11,15-18H,12-14H2,1H3,(H,28,29,30,32). The molecule has 10 nitrogen and oxygen atoms in total. The molecule has 0 amide bonds. The molecule has 37 heavy (non-hydrogen) atoms. The molecular formula is C27H24N8O2. The van der Waals surface area contributed by atoms with Gasteiger partial charge in [-0.15, -0.1) is 0 Å². The zero-order chi connectivity index (χ0) is 25.2. The van der Waals surface area contributed by atoms with Crippen molar-refractivity contribution < 1.29 is 4.74 Å². The van der Waals surface area contributed by atoms with Gasteiger partial charge in [0.1, 0.15) is 23.5 Å². The molecule has 0 unspecified atom stereocenters. The number of hydrogen-bond donors (Lipinski definition) is 1. The molecule has 1 N–H and O–H groups in total. The number of ether oxygens (including phenoxy) is 1. The van der Waals surface area contributed by atoms with E-state index in [1.807, 2.05) is 58.0 Å². The number of fused-ring (bicyclic) bond motifs is 2. The van der Waals surface area contributed by atoms with E-state index in [2.05, 4.69) is 37.5 Å². The molecule has 1 aromatic carbocycles. The third-order valence-corrected chi connectivity index (χ3v) is 6.13. The number of imidazole rings is 1. The minimum Gasteiger partial charge on any atom is -0.495 e. The van der Waals surface area contributed by atoms with Crippen molar-refractivity contribution in [1.82, 2.24) is 33.7 Å². The maximum Gasteiger partial charge on any atom is 0.250 e. The average Bonchev–Trinajstić information content (AvgIpc) is 3.53. The fraction of sp³-hybridized carbons (Fsp3) is 0.148. The Morgan fingerprint density at radius 3 is 2.57 bits per heavy atom. The fourth-order valence-electron chi connectivity index (χ4n) is 4.24. The van der Waals surface area contributed by atoms with E-state index in [1.54, 1.807) is 30.0 Å². The average molecular weight is 493 g/mol. The Morgan fingerprint density at radius 1 is 0.919 bits per heavy atom. The highest BCUT2D eigenvalue weighted by molar-refractivity contribution is 5.85. The van der Waals surface area contributed by atoms with Crippen LogP contribution in [0.3, 0.4) is 0 Å². The van der Waals surface area contributed by atoms with Gasteiger partial charge in [0, 0.05) is 24.7 Å². The molecule has 0 aliphatic carbocycles. The highest BCUT2D eigenvalue weighted by Crippen LogP contribution is 2.20. The first-order chi connectivity index (χ1) is 18.1. The van der Waals surface area contributed by atoms with Crippen LogP contribution in [0, 0.1) is 0 Å². The summed E-state index contributed by atoms with van der Waals surface area (Å²) in [7, 11) is 1.64. The minimum absolute atomic E-state index is 0.0123. The van der Waals surface area contributed by atoms with Crippen molar-refractivity contribution in [3.63, 3.8) is 0 Å². The first-order valence-electron chi connectivity index (χ1n) is 11.8. The van der Waals surface area contributed by atoms with E-state index >= 15 is 0 Å². The molecule has 0 spiro atoms. The molecule has 0 aliphatic heterocycles. The van der Waals surface area contributed by atoms with Crippen molar-refractivity contribution in [2.24, 2.45) is 0 Å². The van der Waals surface area contributed by atoms with Crippen LogP contribution in [0.15, 0.2) is 90.5 Å². The smallest absolute Gasteiger partial charge is 0.250 e. The molecule has 0 saturated carbocycles. The fourth-order valence-corrected chi connectivity index (χ4v) is 4.24. The van der Waals surface area contributed by atoms with Gasteiger partial charge in [0.2, 0.25) is 0 Å². The van der Waals surface area contributed by atoms with Crippen LogP contribution >= 0.6 is 0 Å². The molecule has 10 heteroatoms. The third-order valence-electron chi connectivity index (χ3n) is 6.13. The number of anilines is 1. The summed E-state index contributed by atoms with van der Waals surface area (Å²) in [5.41, 5.74) is 4.49. The van der Waals surface area contributed by atoms with E-state index < -0.39 is 0 Å². The Kier molecular flexibility index (Phi) is 5.81. The highest BCUT2D eigenvalue weighted by atomic mass is 16.5. The second kappa shape index (κ2) is 9.57. The summed E-state index contributed by atoms with van der Waals surface area (Å²) in [5, 5.41) is 8.83. The summed E-state index contributed by atoms with van der Waals surface area (Å²) >= 11 is 0. The lowest BCUT2D eigenvalue weighted by atomic mass is 10.1. The summed E-state index contributed by atoms with van der Waals surface area (Å²) in [4.78, 5) is 25.4. The Labute approximate surface area is 211 Å². The predicted octanol–water partition coefficient (Wildman–Crippen LogP) is 3.35. The van der Waals surface area contributed by atoms with Gasteiger partial charge in [-0.25, -0.2) is 15.0 Å². The van der Waals surface area contributed by atoms with Crippen LogP contribution in [-0.4, -0.2) is 40.8 Å². The molecule has 0 fully saturated rings. The predicted molar refractivity (Wildman–Crippen MR) is 140 cm³/mol. The molecule has 0 bridgehead atoms. The van der Waals surface area contributed by atoms with Gasteiger partial charge in [-0.1, -0.05) is 30.3 Å². The molecule has 0 aliphatic rings. The summed E-state index contributed by atoms with van der Waals surface area (Å²) < 4.78 is 10.8. The summed E-state index contributed by atoms with van der Waals surface area (Å²) in [6.45, 7) is 1.64. The number of nitrogens with zero attached hydrogens (tertiary/aromatic N) is 7. The zero-order valence-corrected chi connectivity index (χ0v) is 20.2. The van der Waals surface area contributed by atoms with Gasteiger partial charge < -0.3 is 19.0 Å².